The third-order valence-electron chi connectivity index (χ3n) is 6.85. The van der Waals surface area contributed by atoms with Gasteiger partial charge in [0.1, 0.15) is 18.0 Å². The molecule has 1 atom stereocenters. The summed E-state index contributed by atoms with van der Waals surface area (Å²) < 4.78 is 11.6. The van der Waals surface area contributed by atoms with Crippen LogP contribution in [-0.2, 0) is 16.1 Å². The van der Waals surface area contributed by atoms with E-state index in [1.54, 1.807) is 4.90 Å². The topological polar surface area (TPSA) is 71.1 Å². The van der Waals surface area contributed by atoms with Crippen molar-refractivity contribution >= 4 is 17.5 Å². The molecule has 4 rings (SSSR count). The molecule has 0 bridgehead atoms. The molecular weight excluding hydrogens is 442 g/mol. The van der Waals surface area contributed by atoms with Crippen molar-refractivity contribution in [1.82, 2.24) is 10.2 Å². The fraction of sp³-hybridized carbons (Fsp3) is 0.500. The number of piperidine rings is 1. The molecule has 2 aromatic rings. The molecule has 2 heterocycles. The molecule has 2 amide bonds. The van der Waals surface area contributed by atoms with Crippen LogP contribution in [0, 0.1) is 12.8 Å². The maximum Gasteiger partial charge on any atom is 0.268 e. The molecule has 2 aliphatic rings. The SMILES string of the molecule is CCOc1ccccc1CN1CCC(CNC(=O)CN2C(=O)C(CC)Oc3ccc(C)cc32)CC1. The van der Waals surface area contributed by atoms with Crippen LogP contribution in [0.15, 0.2) is 42.5 Å². The summed E-state index contributed by atoms with van der Waals surface area (Å²) in [6.07, 6.45) is 2.09. The molecule has 1 unspecified atom stereocenters. The number of carbonyl (C=O) groups is 2. The zero-order chi connectivity index (χ0) is 24.8. The standard InChI is InChI=1S/C28H37N3O4/c1-4-24-28(33)31(23-16-20(3)10-11-26(23)35-24)19-27(32)29-17-21-12-14-30(15-13-21)18-22-8-6-7-9-25(22)34-5-2/h6-11,16,21,24H,4-5,12-15,17-19H2,1-3H3,(H,29,32). The molecule has 0 aromatic heterocycles. The molecular formula is C28H37N3O4. The summed E-state index contributed by atoms with van der Waals surface area (Å²) in [5, 5.41) is 3.08. The van der Waals surface area contributed by atoms with Gasteiger partial charge in [0, 0.05) is 18.7 Å². The Morgan fingerprint density at radius 1 is 1.14 bits per heavy atom. The first-order valence-electron chi connectivity index (χ1n) is 12.8. The second-order valence-corrected chi connectivity index (χ2v) is 9.47. The van der Waals surface area contributed by atoms with E-state index in [-0.39, 0.29) is 18.4 Å². The van der Waals surface area contributed by atoms with Gasteiger partial charge < -0.3 is 14.8 Å². The van der Waals surface area contributed by atoms with Gasteiger partial charge in [-0.25, -0.2) is 0 Å². The summed E-state index contributed by atoms with van der Waals surface area (Å²) in [5.41, 5.74) is 2.92. The highest BCUT2D eigenvalue weighted by molar-refractivity contribution is 6.03. The maximum atomic E-state index is 12.9. The van der Waals surface area contributed by atoms with E-state index in [0.717, 1.165) is 43.8 Å². The van der Waals surface area contributed by atoms with Crippen molar-refractivity contribution in [3.63, 3.8) is 0 Å². The summed E-state index contributed by atoms with van der Waals surface area (Å²) >= 11 is 0. The van der Waals surface area contributed by atoms with Gasteiger partial charge in [0.2, 0.25) is 5.91 Å². The van der Waals surface area contributed by atoms with Gasteiger partial charge in [0.05, 0.1) is 12.3 Å². The Kier molecular flexibility index (Phi) is 8.29. The minimum atomic E-state index is -0.546. The van der Waals surface area contributed by atoms with E-state index in [1.165, 1.54) is 5.56 Å². The number of rotatable bonds is 9. The van der Waals surface area contributed by atoms with Gasteiger partial charge in [-0.05, 0) is 75.9 Å². The van der Waals surface area contributed by atoms with Crippen molar-refractivity contribution in [2.75, 3.05) is 37.7 Å². The number of likely N-dealkylation sites (tertiary alicyclic amines) is 1. The van der Waals surface area contributed by atoms with E-state index in [1.807, 2.05) is 51.1 Å². The first-order valence-corrected chi connectivity index (χ1v) is 12.8. The number of hydrogen-bond acceptors (Lipinski definition) is 5. The molecule has 2 aliphatic heterocycles. The van der Waals surface area contributed by atoms with Crippen molar-refractivity contribution in [3.8, 4) is 11.5 Å². The van der Waals surface area contributed by atoms with Gasteiger partial charge in [-0.1, -0.05) is 31.2 Å². The Labute approximate surface area is 208 Å². The molecule has 1 N–H and O–H groups in total. The van der Waals surface area contributed by atoms with E-state index < -0.39 is 6.10 Å². The fourth-order valence-electron chi connectivity index (χ4n) is 4.83. The average molecular weight is 480 g/mol. The van der Waals surface area contributed by atoms with Gasteiger partial charge in [0.25, 0.3) is 5.91 Å². The molecule has 0 saturated carbocycles. The third-order valence-corrected chi connectivity index (χ3v) is 6.85. The number of carbonyl (C=O) groups excluding carboxylic acids is 2. The van der Waals surface area contributed by atoms with Crippen LogP contribution >= 0.6 is 0 Å². The highest BCUT2D eigenvalue weighted by atomic mass is 16.5. The summed E-state index contributed by atoms with van der Waals surface area (Å²) in [7, 11) is 0. The number of para-hydroxylation sites is 1. The average Bonchev–Trinajstić information content (AvgIpc) is 2.86. The van der Waals surface area contributed by atoms with Gasteiger partial charge in [-0.2, -0.15) is 0 Å². The highest BCUT2D eigenvalue weighted by Gasteiger charge is 2.34. The smallest absolute Gasteiger partial charge is 0.268 e. The number of aryl methyl sites for hydroxylation is 1. The lowest BCUT2D eigenvalue weighted by atomic mass is 9.96. The second kappa shape index (κ2) is 11.6. The summed E-state index contributed by atoms with van der Waals surface area (Å²) in [6.45, 7) is 10.1. The van der Waals surface area contributed by atoms with Crippen LogP contribution < -0.4 is 19.7 Å². The monoisotopic (exact) mass is 479 g/mol. The van der Waals surface area contributed by atoms with Crippen molar-refractivity contribution in [1.29, 1.82) is 0 Å². The van der Waals surface area contributed by atoms with Crippen molar-refractivity contribution in [3.05, 3.63) is 53.6 Å². The molecule has 1 fully saturated rings. The number of anilines is 1. The maximum absolute atomic E-state index is 12.9. The second-order valence-electron chi connectivity index (χ2n) is 9.47. The number of benzene rings is 2. The van der Waals surface area contributed by atoms with E-state index in [0.29, 0.717) is 36.9 Å². The Morgan fingerprint density at radius 3 is 2.66 bits per heavy atom. The molecule has 35 heavy (non-hydrogen) atoms. The highest BCUT2D eigenvalue weighted by Crippen LogP contribution is 2.35. The molecule has 0 radical (unpaired) electrons. The zero-order valence-corrected chi connectivity index (χ0v) is 21.1. The third kappa shape index (κ3) is 6.14. The number of hydrogen-bond donors (Lipinski definition) is 1. The van der Waals surface area contributed by atoms with E-state index in [4.69, 9.17) is 9.47 Å². The van der Waals surface area contributed by atoms with Gasteiger partial charge in [-0.15, -0.1) is 0 Å². The number of nitrogens with zero attached hydrogens (tertiary/aromatic N) is 2. The first kappa shape index (κ1) is 25.0. The Balaban J connectivity index is 1.27. The molecule has 0 spiro atoms. The predicted octanol–water partition coefficient (Wildman–Crippen LogP) is 3.93. The lowest BCUT2D eigenvalue weighted by molar-refractivity contribution is -0.129. The van der Waals surface area contributed by atoms with Crippen LogP contribution in [0.5, 0.6) is 11.5 Å². The predicted molar refractivity (Wildman–Crippen MR) is 137 cm³/mol. The Hall–Kier alpha value is -3.06. The largest absolute Gasteiger partial charge is 0.494 e. The van der Waals surface area contributed by atoms with Crippen LogP contribution in [0.4, 0.5) is 5.69 Å². The van der Waals surface area contributed by atoms with E-state index in [9.17, 15) is 9.59 Å². The van der Waals surface area contributed by atoms with Gasteiger partial charge in [-0.3, -0.25) is 19.4 Å². The summed E-state index contributed by atoms with van der Waals surface area (Å²) in [6, 6.07) is 14.0. The van der Waals surface area contributed by atoms with Crippen molar-refractivity contribution < 1.29 is 19.1 Å². The molecule has 188 valence electrons. The lowest BCUT2D eigenvalue weighted by Crippen LogP contribution is -2.50. The van der Waals surface area contributed by atoms with Crippen LogP contribution in [0.2, 0.25) is 0 Å². The van der Waals surface area contributed by atoms with Crippen LogP contribution in [0.1, 0.15) is 44.2 Å². The zero-order valence-electron chi connectivity index (χ0n) is 21.1. The fourth-order valence-corrected chi connectivity index (χ4v) is 4.83. The van der Waals surface area contributed by atoms with Gasteiger partial charge in [0.15, 0.2) is 6.10 Å². The van der Waals surface area contributed by atoms with E-state index >= 15 is 0 Å². The molecule has 2 aromatic carbocycles. The number of nitrogens with one attached hydrogen (secondary N) is 1. The Bertz CT molecular complexity index is 1030. The molecule has 0 aliphatic carbocycles. The summed E-state index contributed by atoms with van der Waals surface area (Å²) in [4.78, 5) is 29.8. The van der Waals surface area contributed by atoms with Crippen LogP contribution in [0.25, 0.3) is 0 Å². The van der Waals surface area contributed by atoms with Crippen molar-refractivity contribution in [2.24, 2.45) is 5.92 Å². The quantitative estimate of drug-likeness (QED) is 0.590. The lowest BCUT2D eigenvalue weighted by Gasteiger charge is -2.34. The normalized spacial score (nSPS) is 18.7. The Morgan fingerprint density at radius 2 is 1.91 bits per heavy atom. The minimum Gasteiger partial charge on any atom is -0.494 e. The van der Waals surface area contributed by atoms with Crippen LogP contribution in [0.3, 0.4) is 0 Å². The molecule has 7 nitrogen and oxygen atoms in total. The molecule has 7 heteroatoms. The first-order chi connectivity index (χ1) is 17.0. The van der Waals surface area contributed by atoms with Gasteiger partial charge >= 0.3 is 0 Å². The number of ether oxygens (including phenoxy) is 2. The number of fused-ring (bicyclic) bond motifs is 1. The van der Waals surface area contributed by atoms with Crippen molar-refractivity contribution in [2.45, 2.75) is 52.7 Å². The van der Waals surface area contributed by atoms with Crippen LogP contribution in [-0.4, -0.2) is 55.6 Å². The summed E-state index contributed by atoms with van der Waals surface area (Å²) in [5.74, 6) is 1.78. The number of amides is 2. The molecule has 1 saturated heterocycles. The van der Waals surface area contributed by atoms with E-state index in [2.05, 4.69) is 22.3 Å². The minimum absolute atomic E-state index is 0.0161.